The van der Waals surface area contributed by atoms with E-state index in [1.807, 2.05) is 13.0 Å². The second kappa shape index (κ2) is 8.50. The van der Waals surface area contributed by atoms with E-state index >= 15 is 0 Å². The predicted octanol–water partition coefficient (Wildman–Crippen LogP) is 3.29. The number of para-hydroxylation sites is 1. The minimum absolute atomic E-state index is 0.156. The first-order chi connectivity index (χ1) is 15.5. The zero-order valence-electron chi connectivity index (χ0n) is 18.1. The molecule has 2 fully saturated rings. The number of hydrogen-bond acceptors (Lipinski definition) is 6. The van der Waals surface area contributed by atoms with Gasteiger partial charge in [0.2, 0.25) is 5.89 Å². The van der Waals surface area contributed by atoms with Gasteiger partial charge in [-0.1, -0.05) is 19.1 Å². The molecular formula is C22H27FN6O3. The maximum Gasteiger partial charge on any atom is 0.407 e. The molecule has 1 amide bonds. The van der Waals surface area contributed by atoms with Gasteiger partial charge in [0, 0.05) is 30.9 Å². The summed E-state index contributed by atoms with van der Waals surface area (Å²) in [6, 6.07) is 4.96. The van der Waals surface area contributed by atoms with Crippen LogP contribution in [0.1, 0.15) is 43.7 Å². The van der Waals surface area contributed by atoms with Crippen LogP contribution in [0.5, 0.6) is 0 Å². The third-order valence-corrected chi connectivity index (χ3v) is 6.70. The van der Waals surface area contributed by atoms with E-state index in [1.54, 1.807) is 6.07 Å². The van der Waals surface area contributed by atoms with Crippen molar-refractivity contribution in [2.45, 2.75) is 38.5 Å². The Hall–Kier alpha value is -3.01. The van der Waals surface area contributed by atoms with E-state index in [4.69, 9.17) is 9.63 Å². The van der Waals surface area contributed by atoms with Crippen molar-refractivity contribution in [1.82, 2.24) is 29.7 Å². The van der Waals surface area contributed by atoms with Crippen LogP contribution in [0.25, 0.3) is 16.9 Å². The topological polar surface area (TPSA) is 101 Å². The molecule has 4 heterocycles. The monoisotopic (exact) mass is 442 g/mol. The summed E-state index contributed by atoms with van der Waals surface area (Å²) in [5.74, 6) is 1.02. The van der Waals surface area contributed by atoms with Crippen molar-refractivity contribution in [3.8, 4) is 5.95 Å². The number of fused-ring (bicyclic) bond motifs is 1. The number of carbonyl (C=O) groups is 1. The van der Waals surface area contributed by atoms with Gasteiger partial charge in [0.25, 0.3) is 5.95 Å². The van der Waals surface area contributed by atoms with Gasteiger partial charge in [-0.15, -0.1) is 0 Å². The summed E-state index contributed by atoms with van der Waals surface area (Å²) < 4.78 is 21.5. The molecule has 9 nitrogen and oxygen atoms in total. The molecule has 2 saturated heterocycles. The van der Waals surface area contributed by atoms with Crippen molar-refractivity contribution in [2.75, 3.05) is 32.7 Å². The van der Waals surface area contributed by atoms with Crippen molar-refractivity contribution in [1.29, 1.82) is 0 Å². The molecule has 2 aliphatic heterocycles. The van der Waals surface area contributed by atoms with Crippen LogP contribution in [0.3, 0.4) is 0 Å². The number of halogens is 1. The highest BCUT2D eigenvalue weighted by Gasteiger charge is 2.31. The average Bonchev–Trinajstić information content (AvgIpc) is 3.53. The largest absolute Gasteiger partial charge is 0.465 e. The van der Waals surface area contributed by atoms with Gasteiger partial charge < -0.3 is 19.4 Å². The lowest BCUT2D eigenvalue weighted by molar-refractivity contribution is 0.147. The number of rotatable bonds is 5. The smallest absolute Gasteiger partial charge is 0.407 e. The SMILES string of the molecule is CCc1nn(-c2noc(C3CCN(C[C@@H]4CCN(C(=O)O)C4)CC3)n2)c2c(F)cccc12. The molecule has 2 aromatic heterocycles. The lowest BCUT2D eigenvalue weighted by Gasteiger charge is -2.32. The third-order valence-electron chi connectivity index (χ3n) is 6.70. The Labute approximate surface area is 184 Å². The summed E-state index contributed by atoms with van der Waals surface area (Å²) >= 11 is 0. The summed E-state index contributed by atoms with van der Waals surface area (Å²) in [4.78, 5) is 19.6. The van der Waals surface area contributed by atoms with E-state index in [0.717, 1.165) is 50.0 Å². The fourth-order valence-electron chi connectivity index (χ4n) is 4.96. The van der Waals surface area contributed by atoms with Gasteiger partial charge in [-0.3, -0.25) is 0 Å². The molecule has 1 atom stereocenters. The van der Waals surface area contributed by atoms with Gasteiger partial charge >= 0.3 is 6.09 Å². The molecule has 1 N–H and O–H groups in total. The van der Waals surface area contributed by atoms with Crippen molar-refractivity contribution in [3.63, 3.8) is 0 Å². The number of benzene rings is 1. The van der Waals surface area contributed by atoms with Crippen molar-refractivity contribution < 1.29 is 18.8 Å². The molecule has 0 radical (unpaired) electrons. The number of likely N-dealkylation sites (tertiary alicyclic amines) is 2. The first-order valence-corrected chi connectivity index (χ1v) is 11.2. The summed E-state index contributed by atoms with van der Waals surface area (Å²) in [7, 11) is 0. The highest BCUT2D eigenvalue weighted by molar-refractivity contribution is 5.83. The van der Waals surface area contributed by atoms with Crippen LogP contribution in [0.4, 0.5) is 9.18 Å². The van der Waals surface area contributed by atoms with Crippen molar-refractivity contribution >= 4 is 17.0 Å². The molecular weight excluding hydrogens is 415 g/mol. The maximum atomic E-state index is 14.5. The van der Waals surface area contributed by atoms with Gasteiger partial charge in [0.1, 0.15) is 11.3 Å². The summed E-state index contributed by atoms with van der Waals surface area (Å²) in [6.07, 6.45) is 2.57. The van der Waals surface area contributed by atoms with E-state index in [-0.39, 0.29) is 17.7 Å². The Morgan fingerprint density at radius 3 is 2.78 bits per heavy atom. The van der Waals surface area contributed by atoms with Crippen LogP contribution in [-0.4, -0.2) is 73.6 Å². The maximum absolute atomic E-state index is 14.5. The lowest BCUT2D eigenvalue weighted by atomic mass is 9.95. The second-order valence-electron chi connectivity index (χ2n) is 8.74. The summed E-state index contributed by atoms with van der Waals surface area (Å²) in [5.41, 5.74) is 1.17. The Morgan fingerprint density at radius 1 is 1.25 bits per heavy atom. The molecule has 0 spiro atoms. The average molecular weight is 442 g/mol. The van der Waals surface area contributed by atoms with Crippen molar-refractivity contribution in [3.05, 3.63) is 35.6 Å². The van der Waals surface area contributed by atoms with Crippen LogP contribution in [0, 0.1) is 11.7 Å². The fraction of sp³-hybridized carbons (Fsp3) is 0.545. The quantitative estimate of drug-likeness (QED) is 0.647. The molecule has 0 bridgehead atoms. The Morgan fingerprint density at radius 2 is 2.06 bits per heavy atom. The van der Waals surface area contributed by atoms with E-state index in [0.29, 0.717) is 36.8 Å². The Balaban J connectivity index is 1.25. The first kappa shape index (κ1) is 20.9. The van der Waals surface area contributed by atoms with Gasteiger partial charge in [-0.05, 0) is 55.9 Å². The molecule has 2 aliphatic rings. The summed E-state index contributed by atoms with van der Waals surface area (Å²) in [5, 5.41) is 18.5. The van der Waals surface area contributed by atoms with E-state index in [9.17, 15) is 9.18 Å². The first-order valence-electron chi connectivity index (χ1n) is 11.2. The molecule has 0 aliphatic carbocycles. The van der Waals surface area contributed by atoms with Crippen LogP contribution in [0.15, 0.2) is 22.7 Å². The number of piperidine rings is 1. The van der Waals surface area contributed by atoms with E-state index in [2.05, 4.69) is 20.1 Å². The van der Waals surface area contributed by atoms with Crippen molar-refractivity contribution in [2.24, 2.45) is 5.92 Å². The molecule has 1 aromatic carbocycles. The van der Waals surface area contributed by atoms with E-state index in [1.165, 1.54) is 15.6 Å². The molecule has 3 aromatic rings. The zero-order valence-corrected chi connectivity index (χ0v) is 18.1. The van der Waals surface area contributed by atoms with Crippen LogP contribution in [0.2, 0.25) is 0 Å². The van der Waals surface area contributed by atoms with E-state index < -0.39 is 6.09 Å². The van der Waals surface area contributed by atoms with Gasteiger partial charge in [-0.2, -0.15) is 14.8 Å². The second-order valence-corrected chi connectivity index (χ2v) is 8.74. The molecule has 170 valence electrons. The van der Waals surface area contributed by atoms with Gasteiger partial charge in [0.15, 0.2) is 0 Å². The standard InChI is InChI=1S/C22H27FN6O3/c1-2-18-16-4-3-5-17(23)19(16)29(25-18)21-24-20(32-26-21)15-7-9-27(10-8-15)12-14-6-11-28(13-14)22(30)31/h3-5,14-15H,2,6-13H2,1H3,(H,30,31)/t14-/m0/s1. The highest BCUT2D eigenvalue weighted by Crippen LogP contribution is 2.30. The van der Waals surface area contributed by atoms with Gasteiger partial charge in [0.05, 0.1) is 5.69 Å². The minimum Gasteiger partial charge on any atom is -0.465 e. The number of nitrogens with zero attached hydrogens (tertiary/aromatic N) is 6. The molecule has 0 unspecified atom stereocenters. The minimum atomic E-state index is -0.825. The van der Waals surface area contributed by atoms with Crippen LogP contribution < -0.4 is 0 Å². The number of carboxylic acid groups (broad SMARTS) is 1. The fourth-order valence-corrected chi connectivity index (χ4v) is 4.96. The lowest BCUT2D eigenvalue weighted by Crippen LogP contribution is -2.37. The van der Waals surface area contributed by atoms with Gasteiger partial charge in [-0.25, -0.2) is 9.18 Å². The summed E-state index contributed by atoms with van der Waals surface area (Å²) in [6.45, 7) is 5.97. The molecule has 0 saturated carbocycles. The highest BCUT2D eigenvalue weighted by atomic mass is 19.1. The normalized spacial score (nSPS) is 20.4. The third kappa shape index (κ3) is 3.83. The predicted molar refractivity (Wildman–Crippen MR) is 114 cm³/mol. The number of hydrogen-bond donors (Lipinski definition) is 1. The number of amides is 1. The molecule has 5 rings (SSSR count). The molecule has 32 heavy (non-hydrogen) atoms. The van der Waals surface area contributed by atoms with Crippen LogP contribution >= 0.6 is 0 Å². The molecule has 10 heteroatoms. The Kier molecular flexibility index (Phi) is 5.54. The zero-order chi connectivity index (χ0) is 22.2. The number of aromatic nitrogens is 4. The number of aryl methyl sites for hydroxylation is 1. The Bertz CT molecular complexity index is 1120. The van der Waals surface area contributed by atoms with Crippen LogP contribution in [-0.2, 0) is 6.42 Å².